The van der Waals surface area contributed by atoms with Crippen molar-refractivity contribution >= 4 is 21.7 Å². The van der Waals surface area contributed by atoms with E-state index in [-0.39, 0.29) is 22.2 Å². The van der Waals surface area contributed by atoms with Crippen molar-refractivity contribution in [3.63, 3.8) is 0 Å². The summed E-state index contributed by atoms with van der Waals surface area (Å²) in [5, 5.41) is 2.36. The molecule has 1 rings (SSSR count). The zero-order valence-electron chi connectivity index (χ0n) is 10.8. The van der Waals surface area contributed by atoms with Crippen molar-refractivity contribution in [2.75, 3.05) is 5.73 Å². The van der Waals surface area contributed by atoms with Gasteiger partial charge in [0.05, 0.1) is 4.90 Å². The van der Waals surface area contributed by atoms with Crippen LogP contribution >= 0.6 is 0 Å². The van der Waals surface area contributed by atoms with Gasteiger partial charge in [-0.15, -0.1) is 0 Å². The molecule has 4 N–H and O–H groups in total. The molecule has 1 aromatic rings. The van der Waals surface area contributed by atoms with Crippen LogP contribution in [0.25, 0.3) is 0 Å². The van der Waals surface area contributed by atoms with Gasteiger partial charge in [-0.1, -0.05) is 0 Å². The lowest BCUT2D eigenvalue weighted by Crippen LogP contribution is -2.42. The van der Waals surface area contributed by atoms with Crippen LogP contribution in [0.2, 0.25) is 0 Å². The Kier molecular flexibility index (Phi) is 4.35. The van der Waals surface area contributed by atoms with Crippen LogP contribution in [-0.2, 0) is 10.0 Å². The fourth-order valence-corrected chi connectivity index (χ4v) is 2.63. The highest BCUT2D eigenvalue weighted by molar-refractivity contribution is 7.90. The van der Waals surface area contributed by atoms with Crippen LogP contribution in [0.3, 0.4) is 0 Å². The highest BCUT2D eigenvalue weighted by Crippen LogP contribution is 2.21. The summed E-state index contributed by atoms with van der Waals surface area (Å²) < 4.78 is 39.2. The van der Waals surface area contributed by atoms with Gasteiger partial charge < -0.3 is 11.1 Å². The number of amides is 2. The Morgan fingerprint density at radius 1 is 1.37 bits per heavy atom. The first-order valence-electron chi connectivity index (χ1n) is 5.52. The summed E-state index contributed by atoms with van der Waals surface area (Å²) in [6.07, 6.45) is 0. The van der Waals surface area contributed by atoms with E-state index in [9.17, 15) is 17.6 Å². The zero-order valence-corrected chi connectivity index (χ0v) is 11.6. The highest BCUT2D eigenvalue weighted by atomic mass is 32.2. The average molecular weight is 289 g/mol. The number of benzene rings is 1. The summed E-state index contributed by atoms with van der Waals surface area (Å²) in [6.45, 7) is 4.65. The minimum atomic E-state index is -4.16. The lowest BCUT2D eigenvalue weighted by molar-refractivity contribution is 0.243. The Labute approximate surface area is 111 Å². The molecule has 0 saturated carbocycles. The zero-order chi connectivity index (χ0) is 14.8. The number of nitrogens with one attached hydrogen (secondary N) is 2. The Hall–Kier alpha value is -1.83. The number of carbonyl (C=O) groups excluding carboxylic acids is 1. The second-order valence-corrected chi connectivity index (χ2v) is 6.01. The minimum Gasteiger partial charge on any atom is -0.399 e. The van der Waals surface area contributed by atoms with E-state index in [2.05, 4.69) is 5.32 Å². The molecular weight excluding hydrogens is 273 g/mol. The van der Waals surface area contributed by atoms with Crippen LogP contribution in [0.1, 0.15) is 19.4 Å². The topological polar surface area (TPSA) is 101 Å². The van der Waals surface area contributed by atoms with Crippen molar-refractivity contribution in [3.05, 3.63) is 23.5 Å². The Bertz CT molecular complexity index is 599. The van der Waals surface area contributed by atoms with Gasteiger partial charge in [-0.05, 0) is 32.9 Å². The lowest BCUT2D eigenvalue weighted by atomic mass is 10.2. The van der Waals surface area contributed by atoms with E-state index in [0.717, 1.165) is 12.1 Å². The monoisotopic (exact) mass is 289 g/mol. The first-order valence-corrected chi connectivity index (χ1v) is 7.00. The Morgan fingerprint density at radius 2 is 1.95 bits per heavy atom. The number of rotatable bonds is 3. The second kappa shape index (κ2) is 5.43. The van der Waals surface area contributed by atoms with E-state index in [1.54, 1.807) is 18.6 Å². The van der Waals surface area contributed by atoms with Gasteiger partial charge in [-0.2, -0.15) is 0 Å². The third kappa shape index (κ3) is 3.82. The SMILES string of the molecule is Cc1c(F)cc(N)cc1S(=O)(=O)NC(=O)NC(C)C. The van der Waals surface area contributed by atoms with Gasteiger partial charge in [0, 0.05) is 17.3 Å². The molecule has 0 atom stereocenters. The normalized spacial score (nSPS) is 11.4. The molecule has 0 radical (unpaired) electrons. The average Bonchev–Trinajstić information content (AvgIpc) is 2.20. The van der Waals surface area contributed by atoms with Crippen molar-refractivity contribution in [2.24, 2.45) is 0 Å². The number of halogens is 1. The summed E-state index contributed by atoms with van der Waals surface area (Å²) in [5.74, 6) is -0.746. The first-order chi connectivity index (χ1) is 8.63. The third-order valence-corrected chi connectivity index (χ3v) is 3.71. The van der Waals surface area contributed by atoms with Crippen LogP contribution in [0.15, 0.2) is 17.0 Å². The lowest BCUT2D eigenvalue weighted by Gasteiger charge is -2.13. The van der Waals surface area contributed by atoms with Crippen LogP contribution < -0.4 is 15.8 Å². The van der Waals surface area contributed by atoms with Crippen molar-refractivity contribution in [3.8, 4) is 0 Å². The maximum Gasteiger partial charge on any atom is 0.328 e. The Balaban J connectivity index is 3.11. The van der Waals surface area contributed by atoms with Crippen molar-refractivity contribution in [2.45, 2.75) is 31.7 Å². The van der Waals surface area contributed by atoms with Crippen molar-refractivity contribution in [1.82, 2.24) is 10.0 Å². The molecule has 2 amide bonds. The van der Waals surface area contributed by atoms with Gasteiger partial charge in [0.2, 0.25) is 0 Å². The largest absolute Gasteiger partial charge is 0.399 e. The van der Waals surface area contributed by atoms with Crippen LogP contribution in [0, 0.1) is 12.7 Å². The summed E-state index contributed by atoms with van der Waals surface area (Å²) >= 11 is 0. The summed E-state index contributed by atoms with van der Waals surface area (Å²) in [4.78, 5) is 11.0. The number of nitrogens with two attached hydrogens (primary N) is 1. The molecule has 0 spiro atoms. The van der Waals surface area contributed by atoms with Crippen LogP contribution in [-0.4, -0.2) is 20.5 Å². The molecule has 0 bridgehead atoms. The Morgan fingerprint density at radius 3 is 2.47 bits per heavy atom. The summed E-state index contributed by atoms with van der Waals surface area (Å²) in [7, 11) is -4.16. The van der Waals surface area contributed by atoms with E-state index >= 15 is 0 Å². The molecule has 0 heterocycles. The van der Waals surface area contributed by atoms with E-state index in [1.807, 2.05) is 0 Å². The molecule has 0 aliphatic heterocycles. The minimum absolute atomic E-state index is 0.0345. The number of hydrogen-bond acceptors (Lipinski definition) is 4. The predicted octanol–water partition coefficient (Wildman–Crippen LogP) is 1.11. The number of urea groups is 1. The predicted molar refractivity (Wildman–Crippen MR) is 69.5 cm³/mol. The van der Waals surface area contributed by atoms with Gasteiger partial charge in [-0.25, -0.2) is 22.3 Å². The number of nitrogen functional groups attached to an aromatic ring is 1. The number of sulfonamides is 1. The van der Waals surface area contributed by atoms with Gasteiger partial charge in [0.1, 0.15) is 5.82 Å². The third-order valence-electron chi connectivity index (χ3n) is 2.26. The highest BCUT2D eigenvalue weighted by Gasteiger charge is 2.22. The standard InChI is InChI=1S/C11H16FN3O3S/c1-6(2)14-11(16)15-19(17,18)10-5-8(13)4-9(12)7(10)3/h4-6H,13H2,1-3H3,(H2,14,15,16). The quantitative estimate of drug-likeness (QED) is 0.725. The fraction of sp³-hybridized carbons (Fsp3) is 0.364. The molecular formula is C11H16FN3O3S. The molecule has 1 aromatic carbocycles. The molecule has 0 aromatic heterocycles. The first kappa shape index (κ1) is 15.2. The molecule has 106 valence electrons. The molecule has 0 aliphatic carbocycles. The number of anilines is 1. The van der Waals surface area contributed by atoms with Crippen LogP contribution in [0.5, 0.6) is 0 Å². The summed E-state index contributed by atoms with van der Waals surface area (Å²) in [6, 6.07) is 1.01. The second-order valence-electron chi connectivity index (χ2n) is 4.36. The molecule has 0 aliphatic rings. The molecule has 6 nitrogen and oxygen atoms in total. The molecule has 8 heteroatoms. The van der Waals surface area contributed by atoms with Gasteiger partial charge in [-0.3, -0.25) is 0 Å². The maximum atomic E-state index is 13.4. The van der Waals surface area contributed by atoms with E-state index in [1.165, 1.54) is 6.92 Å². The van der Waals surface area contributed by atoms with Crippen molar-refractivity contribution in [1.29, 1.82) is 0 Å². The van der Waals surface area contributed by atoms with Crippen molar-refractivity contribution < 1.29 is 17.6 Å². The van der Waals surface area contributed by atoms with E-state index in [0.29, 0.717) is 0 Å². The van der Waals surface area contributed by atoms with E-state index in [4.69, 9.17) is 5.73 Å². The fourth-order valence-electron chi connectivity index (χ4n) is 1.42. The van der Waals surface area contributed by atoms with E-state index < -0.39 is 21.9 Å². The van der Waals surface area contributed by atoms with Crippen LogP contribution in [0.4, 0.5) is 14.9 Å². The van der Waals surface area contributed by atoms with Gasteiger partial charge in [0.25, 0.3) is 10.0 Å². The molecule has 0 saturated heterocycles. The number of hydrogen-bond donors (Lipinski definition) is 3. The smallest absolute Gasteiger partial charge is 0.328 e. The van der Waals surface area contributed by atoms with Gasteiger partial charge in [0.15, 0.2) is 0 Å². The molecule has 19 heavy (non-hydrogen) atoms. The summed E-state index contributed by atoms with van der Waals surface area (Å²) in [5.41, 5.74) is 5.27. The van der Waals surface area contributed by atoms with Gasteiger partial charge >= 0.3 is 6.03 Å². The molecule has 0 fully saturated rings. The molecule has 0 unspecified atom stereocenters. The maximum absolute atomic E-state index is 13.4. The number of carbonyl (C=O) groups is 1.